The van der Waals surface area contributed by atoms with Crippen LogP contribution in [0.15, 0.2) is 27.6 Å². The molecule has 3 atom stereocenters. The van der Waals surface area contributed by atoms with E-state index in [2.05, 4.69) is 15.5 Å². The van der Waals surface area contributed by atoms with Crippen LogP contribution < -0.4 is 5.32 Å². The normalized spacial score (nSPS) is 17.6. The first-order chi connectivity index (χ1) is 17.5. The highest BCUT2D eigenvalue weighted by Gasteiger charge is 2.41. The van der Waals surface area contributed by atoms with Crippen LogP contribution in [0, 0.1) is 0 Å². The van der Waals surface area contributed by atoms with Gasteiger partial charge in [0.05, 0.1) is 28.8 Å². The van der Waals surface area contributed by atoms with Crippen molar-refractivity contribution >= 4 is 39.4 Å². The fraction of sp³-hybridized carbons (Fsp3) is 0.522. The van der Waals surface area contributed by atoms with Gasteiger partial charge in [0, 0.05) is 18.4 Å². The number of sulfone groups is 1. The Bertz CT molecular complexity index is 1330. The second kappa shape index (κ2) is 11.2. The molecule has 0 radical (unpaired) electrons. The average Bonchev–Trinajstić information content (AvgIpc) is 3.43. The molecule has 3 rings (SSSR count). The molecule has 1 aromatic carbocycles. The summed E-state index contributed by atoms with van der Waals surface area (Å²) in [5.74, 6) is -3.84. The number of likely N-dealkylation sites (tertiary alicyclic amines) is 1. The van der Waals surface area contributed by atoms with E-state index in [1.807, 2.05) is 0 Å². The van der Waals surface area contributed by atoms with E-state index in [1.54, 1.807) is 20.8 Å². The molecular weight excluding hydrogens is 547 g/mol. The number of amides is 2. The van der Waals surface area contributed by atoms with Crippen LogP contribution in [-0.2, 0) is 24.2 Å². The molecule has 2 amide bonds. The number of halogens is 2. The quantitative estimate of drug-likeness (QED) is 0.478. The summed E-state index contributed by atoms with van der Waals surface area (Å²) in [6.45, 7) is 4.67. The van der Waals surface area contributed by atoms with E-state index in [0.717, 1.165) is 6.26 Å². The molecule has 1 fully saturated rings. The zero-order valence-corrected chi connectivity index (χ0v) is 22.7. The molecule has 0 bridgehead atoms. The molecule has 38 heavy (non-hydrogen) atoms. The summed E-state index contributed by atoms with van der Waals surface area (Å²) in [6, 6.07) is 2.31. The van der Waals surface area contributed by atoms with Gasteiger partial charge in [-0.05, 0) is 45.4 Å². The fourth-order valence-corrected chi connectivity index (χ4v) is 4.80. The first-order valence-corrected chi connectivity index (χ1v) is 13.8. The van der Waals surface area contributed by atoms with Gasteiger partial charge in [0.25, 0.3) is 0 Å². The van der Waals surface area contributed by atoms with E-state index < -0.39 is 58.0 Å². The molecule has 12 nitrogen and oxygen atoms in total. The van der Waals surface area contributed by atoms with Crippen molar-refractivity contribution < 1.29 is 41.6 Å². The van der Waals surface area contributed by atoms with Crippen LogP contribution in [0.1, 0.15) is 45.4 Å². The van der Waals surface area contributed by atoms with Crippen molar-refractivity contribution in [3.63, 3.8) is 0 Å². The van der Waals surface area contributed by atoms with Crippen LogP contribution in [0.4, 0.5) is 9.18 Å². The number of nitrogens with one attached hydrogen (secondary N) is 1. The fourth-order valence-electron chi connectivity index (χ4n) is 3.82. The minimum atomic E-state index is -3.54. The largest absolute Gasteiger partial charge is 0.481 e. The second-order valence-corrected chi connectivity index (χ2v) is 12.3. The molecule has 1 unspecified atom stereocenters. The number of alkyl carbamates (subject to hydrolysis) is 1. The highest BCUT2D eigenvalue weighted by molar-refractivity contribution is 7.90. The monoisotopic (exact) mass is 574 g/mol. The third kappa shape index (κ3) is 7.40. The molecule has 2 N–H and O–H groups in total. The van der Waals surface area contributed by atoms with E-state index in [9.17, 15) is 32.3 Å². The summed E-state index contributed by atoms with van der Waals surface area (Å²) in [6.07, 6.45) is -1.85. The Kier molecular flexibility index (Phi) is 8.66. The molecule has 15 heteroatoms. The van der Waals surface area contributed by atoms with Crippen molar-refractivity contribution in [2.45, 2.75) is 62.2 Å². The Morgan fingerprint density at radius 1 is 1.34 bits per heavy atom. The van der Waals surface area contributed by atoms with E-state index in [4.69, 9.17) is 20.9 Å². The Morgan fingerprint density at radius 3 is 2.55 bits per heavy atom. The Labute approximate surface area is 223 Å². The highest BCUT2D eigenvalue weighted by Crippen LogP contribution is 2.32. The molecule has 0 saturated carbocycles. The van der Waals surface area contributed by atoms with Gasteiger partial charge in [0.1, 0.15) is 17.8 Å². The number of ether oxygens (including phenoxy) is 1. The van der Waals surface area contributed by atoms with Gasteiger partial charge in [-0.2, -0.15) is 4.98 Å². The van der Waals surface area contributed by atoms with Crippen molar-refractivity contribution in [1.29, 1.82) is 0 Å². The van der Waals surface area contributed by atoms with Gasteiger partial charge in [0.2, 0.25) is 17.6 Å². The minimum absolute atomic E-state index is 0.0133. The lowest BCUT2D eigenvalue weighted by Gasteiger charge is -2.29. The van der Waals surface area contributed by atoms with E-state index in [0.29, 0.717) is 0 Å². The zero-order valence-electron chi connectivity index (χ0n) is 21.1. The summed E-state index contributed by atoms with van der Waals surface area (Å²) >= 11 is 6.24. The molecule has 2 heterocycles. The number of carboxylic acid groups (broad SMARTS) is 1. The van der Waals surface area contributed by atoms with Crippen LogP contribution in [0.3, 0.4) is 0 Å². The molecular formula is C23H28ClFN4O8S. The third-order valence-electron chi connectivity index (χ3n) is 5.55. The Hall–Kier alpha value is -3.26. The lowest BCUT2D eigenvalue weighted by molar-refractivity contribution is -0.139. The molecule has 208 valence electrons. The average molecular weight is 575 g/mol. The lowest BCUT2D eigenvalue weighted by Crippen LogP contribution is -2.52. The van der Waals surface area contributed by atoms with Crippen molar-refractivity contribution in [3.05, 3.63) is 29.1 Å². The van der Waals surface area contributed by atoms with Crippen molar-refractivity contribution in [2.75, 3.05) is 19.3 Å². The number of rotatable bonds is 8. The van der Waals surface area contributed by atoms with Crippen LogP contribution in [0.5, 0.6) is 0 Å². The number of alkyl halides is 1. The Morgan fingerprint density at radius 2 is 2.03 bits per heavy atom. The summed E-state index contributed by atoms with van der Waals surface area (Å²) < 4.78 is 48.0. The Balaban J connectivity index is 2.00. The van der Waals surface area contributed by atoms with Crippen LogP contribution >= 0.6 is 11.6 Å². The van der Waals surface area contributed by atoms with Crippen LogP contribution in [0.25, 0.3) is 11.4 Å². The first kappa shape index (κ1) is 29.3. The predicted octanol–water partition coefficient (Wildman–Crippen LogP) is 2.82. The minimum Gasteiger partial charge on any atom is -0.481 e. The van der Waals surface area contributed by atoms with Crippen LogP contribution in [0.2, 0.25) is 5.02 Å². The maximum absolute atomic E-state index is 13.9. The smallest absolute Gasteiger partial charge is 0.408 e. The van der Waals surface area contributed by atoms with Gasteiger partial charge in [0.15, 0.2) is 9.84 Å². The van der Waals surface area contributed by atoms with E-state index >= 15 is 0 Å². The van der Waals surface area contributed by atoms with Crippen LogP contribution in [-0.4, -0.2) is 83.7 Å². The number of aliphatic carboxylic acids is 1. The molecule has 1 aromatic heterocycles. The topological polar surface area (TPSA) is 169 Å². The number of hydrogen-bond acceptors (Lipinski definition) is 9. The third-order valence-corrected chi connectivity index (χ3v) is 6.97. The molecule has 0 spiro atoms. The number of hydrogen-bond donors (Lipinski definition) is 2. The van der Waals surface area contributed by atoms with Crippen molar-refractivity contribution in [3.8, 4) is 11.4 Å². The molecule has 1 aliphatic heterocycles. The maximum atomic E-state index is 13.9. The highest BCUT2D eigenvalue weighted by atomic mass is 35.5. The van der Waals surface area contributed by atoms with Gasteiger partial charge in [-0.3, -0.25) is 9.59 Å². The molecule has 0 aliphatic carbocycles. The number of carbonyl (C=O) groups is 3. The first-order valence-electron chi connectivity index (χ1n) is 11.5. The van der Waals surface area contributed by atoms with Crippen molar-refractivity contribution in [1.82, 2.24) is 20.4 Å². The van der Waals surface area contributed by atoms with E-state index in [1.165, 1.54) is 23.1 Å². The van der Waals surface area contributed by atoms with Gasteiger partial charge in [-0.15, -0.1) is 0 Å². The van der Waals surface area contributed by atoms with Gasteiger partial charge in [-0.1, -0.05) is 16.8 Å². The SMILES string of the molecule is CC(C)(C)OC(=O)N[C@H](C(=O)N1CC[C@H](F)C1)C(CC(=O)O)c1nc(-c2ccc(S(C)(=O)=O)cc2Cl)no1. The predicted molar refractivity (Wildman–Crippen MR) is 132 cm³/mol. The number of benzene rings is 1. The number of carbonyl (C=O) groups excluding carboxylic acids is 2. The number of nitrogens with zero attached hydrogens (tertiary/aromatic N) is 3. The number of carboxylic acids is 1. The summed E-state index contributed by atoms with van der Waals surface area (Å²) in [7, 11) is -3.54. The molecule has 2 aromatic rings. The van der Waals surface area contributed by atoms with Gasteiger partial charge in [-0.25, -0.2) is 17.6 Å². The second-order valence-electron chi connectivity index (χ2n) is 9.87. The molecule has 1 saturated heterocycles. The maximum Gasteiger partial charge on any atom is 0.408 e. The lowest BCUT2D eigenvalue weighted by atomic mass is 9.94. The molecule has 1 aliphatic rings. The summed E-state index contributed by atoms with van der Waals surface area (Å²) in [5.41, 5.74) is -0.740. The van der Waals surface area contributed by atoms with Crippen molar-refractivity contribution in [2.24, 2.45) is 0 Å². The van der Waals surface area contributed by atoms with Gasteiger partial charge >= 0.3 is 12.1 Å². The van der Waals surface area contributed by atoms with E-state index in [-0.39, 0.29) is 46.7 Å². The summed E-state index contributed by atoms with van der Waals surface area (Å²) in [5, 5.41) is 15.8. The zero-order chi connectivity index (χ0) is 28.4. The number of aromatic nitrogens is 2. The summed E-state index contributed by atoms with van der Waals surface area (Å²) in [4.78, 5) is 43.1. The van der Waals surface area contributed by atoms with Gasteiger partial charge < -0.3 is 24.6 Å². The standard InChI is InChI=1S/C23H28ClFN4O8S/c1-23(2,3)36-22(33)26-18(21(32)29-8-7-12(25)11-29)15(10-17(30)31)20-27-19(28-37-20)14-6-5-13(9-16(14)24)38(4,34)35/h5-6,9,12,15,18H,7-8,10-11H2,1-4H3,(H,26,33)(H,30,31)/t12-,15?,18-/m0/s1.